The zero-order chi connectivity index (χ0) is 24.2. The van der Waals surface area contributed by atoms with E-state index in [2.05, 4.69) is 15.2 Å². The summed E-state index contributed by atoms with van der Waals surface area (Å²) in [7, 11) is -2.87. The zero-order valence-corrected chi connectivity index (χ0v) is 19.7. The highest BCUT2D eigenvalue weighted by Gasteiger charge is 2.24. The average molecular weight is 509 g/mol. The Morgan fingerprint density at radius 1 is 1.03 bits per heavy atom. The van der Waals surface area contributed by atoms with E-state index in [9.17, 15) is 18.5 Å². The van der Waals surface area contributed by atoms with E-state index >= 15 is 0 Å². The van der Waals surface area contributed by atoms with Gasteiger partial charge in [0, 0.05) is 12.1 Å². The number of nitro benzene ring substituents is 1. The summed E-state index contributed by atoms with van der Waals surface area (Å²) in [5.74, 6) is 0.287. The summed E-state index contributed by atoms with van der Waals surface area (Å²) in [6, 6.07) is 14.7. The minimum atomic E-state index is -4.26. The number of halogens is 2. The third-order valence-corrected chi connectivity index (χ3v) is 6.64. The smallest absolute Gasteiger partial charge is 0.270 e. The first-order valence-electron chi connectivity index (χ1n) is 9.32. The maximum absolute atomic E-state index is 13.2. The van der Waals surface area contributed by atoms with Crippen LogP contribution in [0.3, 0.4) is 0 Å². The minimum Gasteiger partial charge on any atom is -0.495 e. The number of benzene rings is 3. The summed E-state index contributed by atoms with van der Waals surface area (Å²) in [4.78, 5) is 10.2. The molecule has 0 atom stereocenters. The van der Waals surface area contributed by atoms with Gasteiger partial charge in [-0.2, -0.15) is 5.10 Å². The van der Waals surface area contributed by atoms with E-state index in [0.29, 0.717) is 21.3 Å². The van der Waals surface area contributed by atoms with Gasteiger partial charge < -0.3 is 4.74 Å². The number of anilines is 2. The van der Waals surface area contributed by atoms with E-state index in [0.717, 1.165) is 6.07 Å². The summed E-state index contributed by atoms with van der Waals surface area (Å²) in [5, 5.41) is 16.2. The number of nitro groups is 1. The Labute approximate surface area is 200 Å². The second kappa shape index (κ2) is 10.1. The molecule has 0 aromatic heterocycles. The number of hydrogen-bond donors (Lipinski definition) is 2. The van der Waals surface area contributed by atoms with Crippen LogP contribution >= 0.6 is 23.2 Å². The lowest BCUT2D eigenvalue weighted by Crippen LogP contribution is -2.16. The Bertz CT molecular complexity index is 1350. The minimum absolute atomic E-state index is 0.0300. The molecule has 0 unspecified atom stereocenters. The molecule has 3 aromatic carbocycles. The Balaban J connectivity index is 2.00. The van der Waals surface area contributed by atoms with Crippen molar-refractivity contribution in [3.63, 3.8) is 0 Å². The number of hydrazone groups is 1. The van der Waals surface area contributed by atoms with Crippen LogP contribution in [0.2, 0.25) is 10.0 Å². The molecule has 0 spiro atoms. The number of ether oxygens (including phenoxy) is 1. The van der Waals surface area contributed by atoms with Gasteiger partial charge in [0.25, 0.3) is 15.7 Å². The first kappa shape index (κ1) is 24.3. The normalized spacial score (nSPS) is 11.7. The van der Waals surface area contributed by atoms with Crippen LogP contribution in [0, 0.1) is 10.1 Å². The van der Waals surface area contributed by atoms with Crippen LogP contribution in [0.25, 0.3) is 0 Å². The molecule has 3 rings (SSSR count). The van der Waals surface area contributed by atoms with Crippen molar-refractivity contribution >= 4 is 56.0 Å². The molecule has 172 valence electrons. The molecule has 0 aliphatic heterocycles. The lowest BCUT2D eigenvalue weighted by atomic mass is 10.1. The molecule has 9 nitrogen and oxygen atoms in total. The van der Waals surface area contributed by atoms with Crippen molar-refractivity contribution in [2.75, 3.05) is 17.3 Å². The van der Waals surface area contributed by atoms with Gasteiger partial charge in [0.2, 0.25) is 0 Å². The number of sulfonamides is 1. The van der Waals surface area contributed by atoms with Crippen LogP contribution in [-0.4, -0.2) is 26.2 Å². The molecule has 0 amide bonds. The van der Waals surface area contributed by atoms with E-state index in [1.807, 2.05) is 0 Å². The number of nitrogens with one attached hydrogen (secondary N) is 2. The van der Waals surface area contributed by atoms with Gasteiger partial charge in [-0.1, -0.05) is 41.4 Å². The molecule has 33 heavy (non-hydrogen) atoms. The zero-order valence-electron chi connectivity index (χ0n) is 17.4. The molecule has 0 radical (unpaired) electrons. The number of rotatable bonds is 8. The fraction of sp³-hybridized carbons (Fsp3) is 0.0952. The van der Waals surface area contributed by atoms with Crippen molar-refractivity contribution in [2.24, 2.45) is 5.10 Å². The van der Waals surface area contributed by atoms with Crippen LogP contribution in [0.15, 0.2) is 70.7 Å². The van der Waals surface area contributed by atoms with Gasteiger partial charge in [-0.25, -0.2) is 8.42 Å². The van der Waals surface area contributed by atoms with E-state index < -0.39 is 20.6 Å². The number of para-hydroxylation sites is 2. The Morgan fingerprint density at radius 2 is 1.76 bits per heavy atom. The number of nitrogens with zero attached hydrogens (tertiary/aromatic N) is 2. The van der Waals surface area contributed by atoms with Crippen LogP contribution in [-0.2, 0) is 10.0 Å². The molecule has 3 aromatic rings. The predicted octanol–water partition coefficient (Wildman–Crippen LogP) is 5.55. The van der Waals surface area contributed by atoms with Gasteiger partial charge in [-0.15, -0.1) is 0 Å². The van der Waals surface area contributed by atoms with Crippen molar-refractivity contribution in [3.05, 3.63) is 86.4 Å². The largest absolute Gasteiger partial charge is 0.495 e. The third-order valence-electron chi connectivity index (χ3n) is 4.50. The maximum Gasteiger partial charge on any atom is 0.270 e. The third kappa shape index (κ3) is 5.72. The summed E-state index contributed by atoms with van der Waals surface area (Å²) >= 11 is 12.0. The molecule has 0 saturated carbocycles. The van der Waals surface area contributed by atoms with Crippen LogP contribution in [0.5, 0.6) is 5.75 Å². The summed E-state index contributed by atoms with van der Waals surface area (Å²) < 4.78 is 33.9. The van der Waals surface area contributed by atoms with Gasteiger partial charge in [-0.05, 0) is 42.8 Å². The molecule has 0 heterocycles. The molecule has 0 aliphatic rings. The second-order valence-corrected chi connectivity index (χ2v) is 9.15. The van der Waals surface area contributed by atoms with Gasteiger partial charge >= 0.3 is 0 Å². The van der Waals surface area contributed by atoms with E-state index in [4.69, 9.17) is 27.9 Å². The standard InChI is InChI=1S/C21H18Cl2N4O5S/c1-13(14-7-9-16(22)17(23)11-14)24-25-19-10-8-15(27(28)29)12-21(19)33(30,31)26-18-5-3-4-6-20(18)32-2/h3-12,25-26H,1-2H3. The topological polar surface area (TPSA) is 123 Å². The Hall–Kier alpha value is -3.34. The molecule has 12 heteroatoms. The number of non-ortho nitro benzene ring substituents is 1. The fourth-order valence-corrected chi connectivity index (χ4v) is 4.34. The first-order chi connectivity index (χ1) is 15.6. The van der Waals surface area contributed by atoms with Crippen LogP contribution < -0.4 is 14.9 Å². The van der Waals surface area contributed by atoms with Crippen molar-refractivity contribution in [1.82, 2.24) is 0 Å². The summed E-state index contributed by atoms with van der Waals surface area (Å²) in [5.41, 5.74) is 3.61. The van der Waals surface area contributed by atoms with Crippen LogP contribution in [0.1, 0.15) is 12.5 Å². The summed E-state index contributed by atoms with van der Waals surface area (Å²) in [6.45, 7) is 1.68. The SMILES string of the molecule is COc1ccccc1NS(=O)(=O)c1cc([N+](=O)[O-])ccc1NN=C(C)c1ccc(Cl)c(Cl)c1. The molecular weight excluding hydrogens is 491 g/mol. The van der Waals surface area contributed by atoms with Gasteiger partial charge in [0.1, 0.15) is 10.6 Å². The second-order valence-electron chi connectivity index (χ2n) is 6.68. The van der Waals surface area contributed by atoms with Gasteiger partial charge in [0.15, 0.2) is 0 Å². The number of methoxy groups -OCH3 is 1. The lowest BCUT2D eigenvalue weighted by molar-refractivity contribution is -0.385. The van der Waals surface area contributed by atoms with Crippen LogP contribution in [0.4, 0.5) is 17.1 Å². The molecule has 0 aliphatic carbocycles. The Kier molecular flexibility index (Phi) is 7.42. The van der Waals surface area contributed by atoms with Gasteiger partial charge in [0.05, 0.1) is 39.2 Å². The number of hydrogen-bond acceptors (Lipinski definition) is 7. The highest BCUT2D eigenvalue weighted by Crippen LogP contribution is 2.31. The molecule has 0 fully saturated rings. The molecule has 0 saturated heterocycles. The first-order valence-corrected chi connectivity index (χ1v) is 11.6. The van der Waals surface area contributed by atoms with E-state index in [1.165, 1.54) is 25.3 Å². The fourth-order valence-electron chi connectivity index (χ4n) is 2.80. The monoisotopic (exact) mass is 508 g/mol. The molecule has 0 bridgehead atoms. The van der Waals surface area contributed by atoms with Gasteiger partial charge in [-0.3, -0.25) is 20.3 Å². The average Bonchev–Trinajstić information content (AvgIpc) is 2.79. The van der Waals surface area contributed by atoms with Crippen molar-refractivity contribution < 1.29 is 18.1 Å². The summed E-state index contributed by atoms with van der Waals surface area (Å²) in [6.07, 6.45) is 0. The quantitative estimate of drug-likeness (QED) is 0.233. The lowest BCUT2D eigenvalue weighted by Gasteiger charge is -2.14. The van der Waals surface area contributed by atoms with Crippen molar-refractivity contribution in [2.45, 2.75) is 11.8 Å². The Morgan fingerprint density at radius 3 is 2.42 bits per heavy atom. The van der Waals surface area contributed by atoms with Crippen molar-refractivity contribution in [3.8, 4) is 5.75 Å². The van der Waals surface area contributed by atoms with E-state index in [1.54, 1.807) is 43.3 Å². The molecule has 2 N–H and O–H groups in total. The molecular formula is C21H18Cl2N4O5S. The highest BCUT2D eigenvalue weighted by molar-refractivity contribution is 7.93. The van der Waals surface area contributed by atoms with Crippen molar-refractivity contribution in [1.29, 1.82) is 0 Å². The predicted molar refractivity (Wildman–Crippen MR) is 129 cm³/mol. The van der Waals surface area contributed by atoms with E-state index in [-0.39, 0.29) is 22.0 Å². The highest BCUT2D eigenvalue weighted by atomic mass is 35.5. The maximum atomic E-state index is 13.2.